The molecule has 1 heterocycles. The van der Waals surface area contributed by atoms with Crippen LogP contribution in [0.1, 0.15) is 42.3 Å². The SMILES string of the molecule is CCCCc1c(F)c(F)c(CNC(=O)Cc2c(Cl)c(C)nn2C)c(F)c1F. The second kappa shape index (κ2) is 8.73. The maximum Gasteiger partial charge on any atom is 0.226 e. The Kier molecular flexibility index (Phi) is 6.86. The molecule has 1 N–H and O–H groups in total. The van der Waals surface area contributed by atoms with Crippen molar-refractivity contribution in [3.63, 3.8) is 0 Å². The Morgan fingerprint density at radius 1 is 1.11 bits per heavy atom. The normalized spacial score (nSPS) is 11.1. The quantitative estimate of drug-likeness (QED) is 0.556. The maximum absolute atomic E-state index is 14.2. The lowest BCUT2D eigenvalue weighted by Gasteiger charge is -2.13. The van der Waals surface area contributed by atoms with Crippen LogP contribution in [-0.2, 0) is 31.2 Å². The van der Waals surface area contributed by atoms with Gasteiger partial charge in [-0.05, 0) is 19.8 Å². The number of benzene rings is 1. The number of aromatic nitrogens is 2. The van der Waals surface area contributed by atoms with Crippen LogP contribution in [0.4, 0.5) is 17.6 Å². The van der Waals surface area contributed by atoms with Crippen molar-refractivity contribution in [3.05, 3.63) is 50.8 Å². The highest BCUT2D eigenvalue weighted by Gasteiger charge is 2.25. The second-order valence-corrected chi connectivity index (χ2v) is 6.62. The zero-order valence-corrected chi connectivity index (χ0v) is 16.0. The van der Waals surface area contributed by atoms with Crippen molar-refractivity contribution >= 4 is 17.5 Å². The van der Waals surface area contributed by atoms with Crippen LogP contribution in [0.2, 0.25) is 5.02 Å². The minimum Gasteiger partial charge on any atom is -0.351 e. The van der Waals surface area contributed by atoms with Crippen molar-refractivity contribution in [2.75, 3.05) is 0 Å². The average Bonchev–Trinajstić information content (AvgIpc) is 2.86. The van der Waals surface area contributed by atoms with E-state index in [4.69, 9.17) is 11.6 Å². The van der Waals surface area contributed by atoms with E-state index in [0.29, 0.717) is 29.3 Å². The van der Waals surface area contributed by atoms with Crippen molar-refractivity contribution in [2.45, 2.75) is 46.1 Å². The smallest absolute Gasteiger partial charge is 0.226 e. The highest BCUT2D eigenvalue weighted by atomic mass is 35.5. The number of hydrogen-bond donors (Lipinski definition) is 1. The predicted octanol–water partition coefficient (Wildman–Crippen LogP) is 4.14. The van der Waals surface area contributed by atoms with Crippen LogP contribution >= 0.6 is 11.6 Å². The fourth-order valence-electron chi connectivity index (χ4n) is 2.72. The van der Waals surface area contributed by atoms with Gasteiger partial charge in [0.15, 0.2) is 23.3 Å². The van der Waals surface area contributed by atoms with Gasteiger partial charge in [0.25, 0.3) is 0 Å². The van der Waals surface area contributed by atoms with Crippen LogP contribution in [0, 0.1) is 30.2 Å². The van der Waals surface area contributed by atoms with E-state index >= 15 is 0 Å². The van der Waals surface area contributed by atoms with Gasteiger partial charge in [0, 0.05) is 24.7 Å². The maximum atomic E-state index is 14.2. The molecule has 0 saturated heterocycles. The molecule has 4 nitrogen and oxygen atoms in total. The van der Waals surface area contributed by atoms with Crippen LogP contribution in [0.15, 0.2) is 0 Å². The number of hydrogen-bond acceptors (Lipinski definition) is 2. The molecule has 0 saturated carbocycles. The van der Waals surface area contributed by atoms with E-state index in [1.807, 2.05) is 0 Å². The molecule has 1 amide bonds. The summed E-state index contributed by atoms with van der Waals surface area (Å²) >= 11 is 6.04. The Hall–Kier alpha value is -2.09. The largest absolute Gasteiger partial charge is 0.351 e. The standard InChI is InChI=1S/C18H20ClF4N3O/c1-4-5-6-10-15(20)17(22)11(18(23)16(10)21)8-24-13(27)7-12-14(19)9(2)25-26(12)3/h4-8H2,1-3H3,(H,24,27). The number of carbonyl (C=O) groups excluding carboxylic acids is 1. The highest BCUT2D eigenvalue weighted by Crippen LogP contribution is 2.26. The van der Waals surface area contributed by atoms with Crippen molar-refractivity contribution in [2.24, 2.45) is 7.05 Å². The average molecular weight is 406 g/mol. The summed E-state index contributed by atoms with van der Waals surface area (Å²) in [5.74, 6) is -6.44. The summed E-state index contributed by atoms with van der Waals surface area (Å²) < 4.78 is 57.9. The Bertz CT molecular complexity index is 838. The van der Waals surface area contributed by atoms with E-state index in [1.165, 1.54) is 4.68 Å². The second-order valence-electron chi connectivity index (χ2n) is 6.24. The summed E-state index contributed by atoms with van der Waals surface area (Å²) in [7, 11) is 1.60. The molecule has 0 aliphatic carbocycles. The molecule has 9 heteroatoms. The number of amides is 1. The Balaban J connectivity index is 2.16. The first-order valence-corrected chi connectivity index (χ1v) is 8.85. The lowest BCUT2D eigenvalue weighted by atomic mass is 10.0. The molecular weight excluding hydrogens is 386 g/mol. The van der Waals surface area contributed by atoms with Gasteiger partial charge in [0.05, 0.1) is 22.8 Å². The molecule has 0 aliphatic heterocycles. The van der Waals surface area contributed by atoms with Crippen molar-refractivity contribution in [1.82, 2.24) is 15.1 Å². The topological polar surface area (TPSA) is 46.9 Å². The zero-order valence-electron chi connectivity index (χ0n) is 15.2. The number of aryl methyl sites for hydroxylation is 2. The molecule has 0 aliphatic rings. The van der Waals surface area contributed by atoms with E-state index in [2.05, 4.69) is 10.4 Å². The lowest BCUT2D eigenvalue weighted by molar-refractivity contribution is -0.120. The molecule has 148 valence electrons. The van der Waals surface area contributed by atoms with Gasteiger partial charge in [-0.25, -0.2) is 17.6 Å². The molecule has 0 atom stereocenters. The summed E-state index contributed by atoms with van der Waals surface area (Å²) in [5.41, 5.74) is -0.518. The van der Waals surface area contributed by atoms with Gasteiger partial charge in [-0.15, -0.1) is 0 Å². The van der Waals surface area contributed by atoms with E-state index in [-0.39, 0.29) is 12.8 Å². The Morgan fingerprint density at radius 3 is 2.15 bits per heavy atom. The minimum atomic E-state index is -1.49. The number of nitrogens with one attached hydrogen (secondary N) is 1. The van der Waals surface area contributed by atoms with Crippen LogP contribution in [-0.4, -0.2) is 15.7 Å². The van der Waals surface area contributed by atoms with Crippen LogP contribution in [0.5, 0.6) is 0 Å². The molecular formula is C18H20ClF4N3O. The first kappa shape index (κ1) is 21.2. The number of rotatable bonds is 7. The molecule has 2 aromatic rings. The van der Waals surface area contributed by atoms with E-state index in [0.717, 1.165) is 0 Å². The summed E-state index contributed by atoms with van der Waals surface area (Å²) in [6.07, 6.45) is 0.718. The van der Waals surface area contributed by atoms with Gasteiger partial charge < -0.3 is 5.32 Å². The molecule has 0 radical (unpaired) electrons. The summed E-state index contributed by atoms with van der Waals surface area (Å²) in [6.45, 7) is 2.77. The third-order valence-corrected chi connectivity index (χ3v) is 4.77. The van der Waals surface area contributed by atoms with E-state index < -0.39 is 46.8 Å². The summed E-state index contributed by atoms with van der Waals surface area (Å²) in [6, 6.07) is 0. The third kappa shape index (κ3) is 4.43. The Labute approximate surface area is 159 Å². The highest BCUT2D eigenvalue weighted by molar-refractivity contribution is 6.32. The van der Waals surface area contributed by atoms with Crippen molar-refractivity contribution < 1.29 is 22.4 Å². The van der Waals surface area contributed by atoms with Crippen LogP contribution in [0.25, 0.3) is 0 Å². The first-order valence-electron chi connectivity index (χ1n) is 8.47. The van der Waals surface area contributed by atoms with Gasteiger partial charge in [-0.3, -0.25) is 9.48 Å². The van der Waals surface area contributed by atoms with E-state index in [1.54, 1.807) is 20.9 Å². The number of unbranched alkanes of at least 4 members (excludes halogenated alkanes) is 1. The van der Waals surface area contributed by atoms with Gasteiger partial charge in [0.1, 0.15) is 0 Å². The monoisotopic (exact) mass is 405 g/mol. The van der Waals surface area contributed by atoms with Crippen LogP contribution in [0.3, 0.4) is 0 Å². The zero-order chi connectivity index (χ0) is 20.3. The molecule has 1 aromatic heterocycles. The summed E-state index contributed by atoms with van der Waals surface area (Å²) in [4.78, 5) is 12.1. The third-order valence-electron chi connectivity index (χ3n) is 4.28. The van der Waals surface area contributed by atoms with Gasteiger partial charge in [0.2, 0.25) is 5.91 Å². The van der Waals surface area contributed by atoms with Crippen LogP contribution < -0.4 is 5.32 Å². The minimum absolute atomic E-state index is 0.104. The van der Waals surface area contributed by atoms with Gasteiger partial charge in [-0.2, -0.15) is 5.10 Å². The molecule has 0 fully saturated rings. The number of halogens is 5. The van der Waals surface area contributed by atoms with E-state index in [9.17, 15) is 22.4 Å². The molecule has 0 spiro atoms. The fraction of sp³-hybridized carbons (Fsp3) is 0.444. The van der Waals surface area contributed by atoms with Gasteiger partial charge in [-0.1, -0.05) is 24.9 Å². The summed E-state index contributed by atoms with van der Waals surface area (Å²) in [5, 5.41) is 6.62. The molecule has 27 heavy (non-hydrogen) atoms. The molecule has 2 rings (SSSR count). The van der Waals surface area contributed by atoms with Gasteiger partial charge >= 0.3 is 0 Å². The van der Waals surface area contributed by atoms with Crippen molar-refractivity contribution in [1.29, 1.82) is 0 Å². The Morgan fingerprint density at radius 2 is 1.67 bits per heavy atom. The fourth-order valence-corrected chi connectivity index (χ4v) is 2.95. The number of carbonyl (C=O) groups is 1. The number of nitrogens with zero attached hydrogens (tertiary/aromatic N) is 2. The molecule has 0 bridgehead atoms. The lowest BCUT2D eigenvalue weighted by Crippen LogP contribution is -2.27. The first-order chi connectivity index (χ1) is 12.7. The molecule has 0 unspecified atom stereocenters. The predicted molar refractivity (Wildman–Crippen MR) is 93.4 cm³/mol. The van der Waals surface area contributed by atoms with Crippen molar-refractivity contribution in [3.8, 4) is 0 Å². The molecule has 1 aromatic carbocycles.